The molecule has 0 amide bonds. The van der Waals surface area contributed by atoms with Gasteiger partial charge in [-0.1, -0.05) is 34.6 Å². The van der Waals surface area contributed by atoms with E-state index in [2.05, 4.69) is 60.3 Å². The fourth-order valence-corrected chi connectivity index (χ4v) is 2.50. The Morgan fingerprint density at radius 3 is 1.85 bits per heavy atom. The minimum absolute atomic E-state index is 0.0503. The molecule has 1 rings (SSSR count). The number of benzene rings is 1. The van der Waals surface area contributed by atoms with Gasteiger partial charge >= 0.3 is 0 Å². The van der Waals surface area contributed by atoms with Crippen LogP contribution in [-0.4, -0.2) is 30.2 Å². The van der Waals surface area contributed by atoms with Crippen molar-refractivity contribution in [3.8, 4) is 0 Å². The molecule has 0 heterocycles. The molecule has 0 aliphatic carbocycles. The third-order valence-electron chi connectivity index (χ3n) is 4.24. The van der Waals surface area contributed by atoms with E-state index in [0.29, 0.717) is 17.8 Å². The highest BCUT2D eigenvalue weighted by Gasteiger charge is 2.16. The molecule has 0 saturated carbocycles. The highest BCUT2D eigenvalue weighted by atomic mass is 16.6. The molecule has 1 unspecified atom stereocenters. The molecule has 0 radical (unpaired) electrons. The predicted octanol–water partition coefficient (Wildman–Crippen LogP) is 6.17. The fourth-order valence-electron chi connectivity index (χ4n) is 2.50. The summed E-state index contributed by atoms with van der Waals surface area (Å²) < 4.78 is 5.23. The molecule has 0 aromatic heterocycles. The zero-order valence-corrected chi connectivity index (χ0v) is 18.8. The molecule has 156 valence electrons. The van der Waals surface area contributed by atoms with E-state index in [4.69, 9.17) is 4.74 Å². The highest BCUT2D eigenvalue weighted by Crippen LogP contribution is 2.23. The minimum atomic E-state index is -0.354. The molecular formula is C22H40N2O3. The van der Waals surface area contributed by atoms with Crippen LogP contribution in [0.3, 0.4) is 0 Å². The Morgan fingerprint density at radius 2 is 1.56 bits per heavy atom. The maximum Gasteiger partial charge on any atom is 0.269 e. The smallest absolute Gasteiger partial charge is 0.269 e. The van der Waals surface area contributed by atoms with E-state index in [1.54, 1.807) is 12.1 Å². The summed E-state index contributed by atoms with van der Waals surface area (Å²) in [6.45, 7) is 22.0. The van der Waals surface area contributed by atoms with Gasteiger partial charge < -0.3 is 9.64 Å². The number of rotatable bonds is 8. The van der Waals surface area contributed by atoms with E-state index in [0.717, 1.165) is 25.4 Å². The van der Waals surface area contributed by atoms with Gasteiger partial charge in [-0.2, -0.15) is 0 Å². The third-order valence-corrected chi connectivity index (χ3v) is 4.24. The second kappa shape index (κ2) is 12.0. The van der Waals surface area contributed by atoms with Gasteiger partial charge in [0.05, 0.1) is 10.5 Å². The topological polar surface area (TPSA) is 55.6 Å². The third kappa shape index (κ3) is 11.6. The number of hydrogen-bond donors (Lipinski definition) is 0. The van der Waals surface area contributed by atoms with Gasteiger partial charge in [0.2, 0.25) is 0 Å². The first kappa shape index (κ1) is 25.4. The van der Waals surface area contributed by atoms with Crippen LogP contribution in [-0.2, 0) is 4.74 Å². The second-order valence-electron chi connectivity index (χ2n) is 8.84. The van der Waals surface area contributed by atoms with Crippen LogP contribution in [0.5, 0.6) is 0 Å². The van der Waals surface area contributed by atoms with Crippen LogP contribution in [0.4, 0.5) is 11.4 Å². The molecule has 1 aromatic carbocycles. The average molecular weight is 381 g/mol. The summed E-state index contributed by atoms with van der Waals surface area (Å²) >= 11 is 0. The lowest BCUT2D eigenvalue weighted by Gasteiger charge is -2.31. The van der Waals surface area contributed by atoms with Crippen LogP contribution in [0, 0.1) is 27.9 Å². The summed E-state index contributed by atoms with van der Waals surface area (Å²) in [5.74, 6) is 1.77. The van der Waals surface area contributed by atoms with Crippen molar-refractivity contribution in [1.29, 1.82) is 0 Å². The van der Waals surface area contributed by atoms with Gasteiger partial charge in [-0.15, -0.1) is 0 Å². The first-order valence-electron chi connectivity index (χ1n) is 10.0. The highest BCUT2D eigenvalue weighted by molar-refractivity contribution is 5.51. The van der Waals surface area contributed by atoms with Crippen LogP contribution < -0.4 is 4.90 Å². The SMILES string of the molecule is CC(C)CN(CC(C)C(C)C)c1ccc([N+](=O)[O-])cc1.CCOC(C)(C)C. The van der Waals surface area contributed by atoms with Crippen molar-refractivity contribution in [2.24, 2.45) is 17.8 Å². The Labute approximate surface area is 166 Å². The molecule has 0 fully saturated rings. The summed E-state index contributed by atoms with van der Waals surface area (Å²) in [6.07, 6.45) is 0. The van der Waals surface area contributed by atoms with Crippen molar-refractivity contribution in [3.05, 3.63) is 34.4 Å². The molecule has 27 heavy (non-hydrogen) atoms. The molecule has 5 nitrogen and oxygen atoms in total. The van der Waals surface area contributed by atoms with E-state index >= 15 is 0 Å². The molecule has 1 atom stereocenters. The van der Waals surface area contributed by atoms with Crippen LogP contribution >= 0.6 is 0 Å². The average Bonchev–Trinajstić information content (AvgIpc) is 2.53. The van der Waals surface area contributed by atoms with Gasteiger partial charge in [-0.3, -0.25) is 10.1 Å². The van der Waals surface area contributed by atoms with Gasteiger partial charge in [0.25, 0.3) is 5.69 Å². The summed E-state index contributed by atoms with van der Waals surface area (Å²) in [7, 11) is 0. The lowest BCUT2D eigenvalue weighted by atomic mass is 9.97. The molecule has 0 bridgehead atoms. The number of non-ortho nitro benzene ring substituents is 1. The molecule has 0 spiro atoms. The molecule has 0 aliphatic rings. The zero-order valence-electron chi connectivity index (χ0n) is 18.8. The monoisotopic (exact) mass is 380 g/mol. The maximum absolute atomic E-state index is 10.7. The van der Waals surface area contributed by atoms with Gasteiger partial charge in [0.1, 0.15) is 0 Å². The number of ether oxygens (including phenoxy) is 1. The number of nitro groups is 1. The Balaban J connectivity index is 0.000000821. The number of anilines is 1. The lowest BCUT2D eigenvalue weighted by Crippen LogP contribution is -2.33. The first-order chi connectivity index (χ1) is 12.4. The van der Waals surface area contributed by atoms with Crippen molar-refractivity contribution in [2.45, 2.75) is 67.9 Å². The summed E-state index contributed by atoms with van der Waals surface area (Å²) in [6, 6.07) is 6.88. The summed E-state index contributed by atoms with van der Waals surface area (Å²) in [5.41, 5.74) is 1.27. The number of nitrogens with zero attached hydrogens (tertiary/aromatic N) is 2. The van der Waals surface area contributed by atoms with Gasteiger partial charge in [-0.25, -0.2) is 0 Å². The molecular weight excluding hydrogens is 340 g/mol. The van der Waals surface area contributed by atoms with E-state index in [1.165, 1.54) is 0 Å². The minimum Gasteiger partial charge on any atom is -0.376 e. The Bertz CT molecular complexity index is 533. The number of nitro benzene ring substituents is 1. The van der Waals surface area contributed by atoms with Crippen molar-refractivity contribution in [3.63, 3.8) is 0 Å². The maximum atomic E-state index is 10.7. The Hall–Kier alpha value is -1.62. The van der Waals surface area contributed by atoms with Crippen LogP contribution in [0.2, 0.25) is 0 Å². The van der Waals surface area contributed by atoms with Gasteiger partial charge in [0, 0.05) is 37.5 Å². The Kier molecular flexibility index (Phi) is 11.2. The molecule has 5 heteroatoms. The summed E-state index contributed by atoms with van der Waals surface area (Å²) in [4.78, 5) is 12.7. The van der Waals surface area contributed by atoms with Crippen molar-refractivity contribution >= 4 is 11.4 Å². The molecule has 1 aromatic rings. The van der Waals surface area contributed by atoms with Gasteiger partial charge in [0.15, 0.2) is 0 Å². The largest absolute Gasteiger partial charge is 0.376 e. The normalized spacial score (nSPS) is 12.6. The van der Waals surface area contributed by atoms with Crippen LogP contribution in [0.15, 0.2) is 24.3 Å². The van der Waals surface area contributed by atoms with Crippen molar-refractivity contribution in [1.82, 2.24) is 0 Å². The van der Waals surface area contributed by atoms with Crippen LogP contribution in [0.1, 0.15) is 62.3 Å². The Morgan fingerprint density at radius 1 is 1.04 bits per heavy atom. The zero-order chi connectivity index (χ0) is 21.2. The summed E-state index contributed by atoms with van der Waals surface area (Å²) in [5, 5.41) is 10.7. The molecule has 0 aliphatic heterocycles. The van der Waals surface area contributed by atoms with E-state index in [9.17, 15) is 10.1 Å². The van der Waals surface area contributed by atoms with Crippen molar-refractivity contribution in [2.75, 3.05) is 24.6 Å². The standard InChI is InChI=1S/C16H26N2O2.C6H14O/c1-12(2)10-17(11-14(5)13(3)4)15-6-8-16(9-7-15)18(19)20;1-5-7-6(2,3)4/h6-9,12-14H,10-11H2,1-5H3;5H2,1-4H3. The lowest BCUT2D eigenvalue weighted by molar-refractivity contribution is -0.384. The number of hydrogen-bond acceptors (Lipinski definition) is 4. The van der Waals surface area contributed by atoms with E-state index in [1.807, 2.05) is 19.1 Å². The quantitative estimate of drug-likeness (QED) is 0.400. The molecule has 0 N–H and O–H groups in total. The van der Waals surface area contributed by atoms with Crippen molar-refractivity contribution < 1.29 is 9.66 Å². The van der Waals surface area contributed by atoms with E-state index in [-0.39, 0.29) is 16.2 Å². The fraction of sp³-hybridized carbons (Fsp3) is 0.727. The predicted molar refractivity (Wildman–Crippen MR) is 116 cm³/mol. The van der Waals surface area contributed by atoms with Gasteiger partial charge in [-0.05, 0) is 57.6 Å². The second-order valence-corrected chi connectivity index (χ2v) is 8.84. The van der Waals surface area contributed by atoms with E-state index < -0.39 is 0 Å². The molecule has 0 saturated heterocycles. The van der Waals surface area contributed by atoms with Crippen LogP contribution in [0.25, 0.3) is 0 Å². The first-order valence-corrected chi connectivity index (χ1v) is 10.0.